The highest BCUT2D eigenvalue weighted by Crippen LogP contribution is 2.45. The lowest BCUT2D eigenvalue weighted by Crippen LogP contribution is -2.35. The standard InChI is InChI=1S/C31H31NO/c1-20(2)24-15-10-16-25(21(3)4)29(24)32-30-26-17-8-13-23-14-9-18-27(28(23)26)31(30,33)19-22-11-6-5-7-12-22/h5-18,20-21,33H,19H2,1-4H3/b32-30+. The second-order valence-corrected chi connectivity index (χ2v) is 9.79. The molecule has 0 heterocycles. The Bertz CT molecular complexity index is 1320. The van der Waals surface area contributed by atoms with Gasteiger partial charge in [-0.05, 0) is 44.9 Å². The number of hydrogen-bond acceptors (Lipinski definition) is 2. The zero-order valence-corrected chi connectivity index (χ0v) is 19.8. The molecule has 1 unspecified atom stereocenters. The van der Waals surface area contributed by atoms with Crippen molar-refractivity contribution in [2.24, 2.45) is 4.99 Å². The first-order valence-corrected chi connectivity index (χ1v) is 11.9. The van der Waals surface area contributed by atoms with E-state index in [0.29, 0.717) is 18.3 Å². The summed E-state index contributed by atoms with van der Waals surface area (Å²) >= 11 is 0. The third-order valence-electron chi connectivity index (χ3n) is 6.87. The van der Waals surface area contributed by atoms with E-state index in [0.717, 1.165) is 38.9 Å². The molecule has 0 saturated carbocycles. The highest BCUT2D eigenvalue weighted by Gasteiger charge is 2.44. The zero-order chi connectivity index (χ0) is 23.2. The molecular formula is C31H31NO. The topological polar surface area (TPSA) is 32.6 Å². The molecule has 2 nitrogen and oxygen atoms in total. The van der Waals surface area contributed by atoms with Crippen LogP contribution in [0.15, 0.2) is 89.9 Å². The third-order valence-corrected chi connectivity index (χ3v) is 6.87. The average molecular weight is 434 g/mol. The van der Waals surface area contributed by atoms with Gasteiger partial charge in [-0.1, -0.05) is 113 Å². The Morgan fingerprint density at radius 2 is 1.33 bits per heavy atom. The zero-order valence-electron chi connectivity index (χ0n) is 19.8. The summed E-state index contributed by atoms with van der Waals surface area (Å²) in [5, 5.41) is 14.7. The van der Waals surface area contributed by atoms with Crippen molar-refractivity contribution in [2.45, 2.75) is 51.6 Å². The molecule has 0 bridgehead atoms. The van der Waals surface area contributed by atoms with Crippen LogP contribution in [0, 0.1) is 0 Å². The molecule has 5 rings (SSSR count). The van der Waals surface area contributed by atoms with Gasteiger partial charge < -0.3 is 5.11 Å². The summed E-state index contributed by atoms with van der Waals surface area (Å²) in [7, 11) is 0. The lowest BCUT2D eigenvalue weighted by Gasteiger charge is -2.27. The van der Waals surface area contributed by atoms with Gasteiger partial charge in [0.25, 0.3) is 0 Å². The number of para-hydroxylation sites is 1. The normalized spacial score (nSPS) is 18.7. The van der Waals surface area contributed by atoms with Gasteiger partial charge in [0.15, 0.2) is 0 Å². The van der Waals surface area contributed by atoms with Crippen LogP contribution in [-0.4, -0.2) is 10.8 Å². The van der Waals surface area contributed by atoms with E-state index in [1.54, 1.807) is 0 Å². The minimum atomic E-state index is -1.19. The van der Waals surface area contributed by atoms with Gasteiger partial charge in [-0.2, -0.15) is 0 Å². The minimum absolute atomic E-state index is 0.338. The van der Waals surface area contributed by atoms with E-state index in [1.807, 2.05) is 24.3 Å². The molecule has 33 heavy (non-hydrogen) atoms. The highest BCUT2D eigenvalue weighted by atomic mass is 16.3. The van der Waals surface area contributed by atoms with Crippen LogP contribution >= 0.6 is 0 Å². The maximum Gasteiger partial charge on any atom is 0.137 e. The van der Waals surface area contributed by atoms with Crippen LogP contribution in [-0.2, 0) is 12.0 Å². The van der Waals surface area contributed by atoms with Gasteiger partial charge in [0.05, 0.1) is 11.4 Å². The van der Waals surface area contributed by atoms with Crippen LogP contribution in [0.1, 0.15) is 67.3 Å². The quantitative estimate of drug-likeness (QED) is 0.344. The molecule has 0 aliphatic heterocycles. The molecule has 0 amide bonds. The van der Waals surface area contributed by atoms with Crippen molar-refractivity contribution in [3.8, 4) is 0 Å². The molecule has 0 saturated heterocycles. The van der Waals surface area contributed by atoms with Crippen molar-refractivity contribution in [3.63, 3.8) is 0 Å². The summed E-state index contributed by atoms with van der Waals surface area (Å²) < 4.78 is 0. The summed E-state index contributed by atoms with van der Waals surface area (Å²) in [6.07, 6.45) is 0.487. The molecule has 1 atom stereocenters. The number of aliphatic hydroxyl groups is 1. The van der Waals surface area contributed by atoms with Crippen molar-refractivity contribution >= 4 is 22.2 Å². The molecule has 4 aromatic carbocycles. The van der Waals surface area contributed by atoms with E-state index in [1.165, 1.54) is 11.1 Å². The Labute approximate surface area is 196 Å². The summed E-state index contributed by atoms with van der Waals surface area (Å²) in [5.74, 6) is 0.676. The SMILES string of the molecule is CC(C)c1cccc(C(C)C)c1/N=C1\c2cccc3cccc(c23)C1(O)Cc1ccccc1. The van der Waals surface area contributed by atoms with E-state index in [2.05, 4.69) is 88.4 Å². The van der Waals surface area contributed by atoms with Gasteiger partial charge in [-0.15, -0.1) is 0 Å². The number of benzene rings is 4. The molecule has 1 N–H and O–H groups in total. The van der Waals surface area contributed by atoms with Crippen molar-refractivity contribution < 1.29 is 5.11 Å². The molecule has 1 aliphatic carbocycles. The Morgan fingerprint density at radius 3 is 1.97 bits per heavy atom. The Kier molecular flexibility index (Phi) is 5.42. The predicted molar refractivity (Wildman–Crippen MR) is 139 cm³/mol. The first-order valence-electron chi connectivity index (χ1n) is 11.9. The summed E-state index contributed by atoms with van der Waals surface area (Å²) in [5.41, 5.74) is 6.10. The Hall–Kier alpha value is -3.23. The van der Waals surface area contributed by atoms with E-state index in [-0.39, 0.29) is 0 Å². The van der Waals surface area contributed by atoms with Crippen molar-refractivity contribution in [1.82, 2.24) is 0 Å². The maximum atomic E-state index is 12.4. The molecule has 0 aromatic heterocycles. The average Bonchev–Trinajstić information content (AvgIpc) is 3.04. The van der Waals surface area contributed by atoms with Gasteiger partial charge >= 0.3 is 0 Å². The van der Waals surface area contributed by atoms with Crippen LogP contribution < -0.4 is 0 Å². The van der Waals surface area contributed by atoms with Crippen molar-refractivity contribution in [3.05, 3.63) is 113 Å². The smallest absolute Gasteiger partial charge is 0.137 e. The summed E-state index contributed by atoms with van der Waals surface area (Å²) in [6, 6.07) is 29.3. The van der Waals surface area contributed by atoms with E-state index in [9.17, 15) is 5.11 Å². The number of nitrogens with zero attached hydrogens (tertiary/aromatic N) is 1. The van der Waals surface area contributed by atoms with Crippen LogP contribution in [0.4, 0.5) is 5.69 Å². The summed E-state index contributed by atoms with van der Waals surface area (Å²) in [4.78, 5) is 5.36. The highest BCUT2D eigenvalue weighted by molar-refractivity contribution is 6.22. The van der Waals surface area contributed by atoms with Gasteiger partial charge in [-0.25, -0.2) is 4.99 Å². The second-order valence-electron chi connectivity index (χ2n) is 9.79. The fourth-order valence-electron chi connectivity index (χ4n) is 5.21. The largest absolute Gasteiger partial charge is 0.378 e. The molecule has 166 valence electrons. The maximum absolute atomic E-state index is 12.4. The van der Waals surface area contributed by atoms with Crippen LogP contribution in [0.2, 0.25) is 0 Å². The minimum Gasteiger partial charge on any atom is -0.378 e. The van der Waals surface area contributed by atoms with Gasteiger partial charge in [0.1, 0.15) is 5.60 Å². The fraction of sp³-hybridized carbons (Fsp3) is 0.258. The van der Waals surface area contributed by atoms with Gasteiger partial charge in [0, 0.05) is 12.0 Å². The molecule has 0 fully saturated rings. The summed E-state index contributed by atoms with van der Waals surface area (Å²) in [6.45, 7) is 8.85. The number of rotatable bonds is 5. The van der Waals surface area contributed by atoms with E-state index < -0.39 is 5.60 Å². The first-order chi connectivity index (χ1) is 15.9. The van der Waals surface area contributed by atoms with E-state index >= 15 is 0 Å². The van der Waals surface area contributed by atoms with Gasteiger partial charge in [-0.3, -0.25) is 0 Å². The molecule has 0 spiro atoms. The fourth-order valence-corrected chi connectivity index (χ4v) is 5.21. The van der Waals surface area contributed by atoms with Crippen molar-refractivity contribution in [1.29, 1.82) is 0 Å². The lowest BCUT2D eigenvalue weighted by molar-refractivity contribution is 0.116. The molecule has 2 heteroatoms. The van der Waals surface area contributed by atoms with E-state index in [4.69, 9.17) is 4.99 Å². The number of hydrogen-bond donors (Lipinski definition) is 1. The predicted octanol–water partition coefficient (Wildman–Crippen LogP) is 7.65. The number of aliphatic imine (C=N–C) groups is 1. The van der Waals surface area contributed by atoms with Gasteiger partial charge in [0.2, 0.25) is 0 Å². The molecule has 0 radical (unpaired) electrons. The Morgan fingerprint density at radius 1 is 0.727 bits per heavy atom. The lowest BCUT2D eigenvalue weighted by atomic mass is 9.86. The first kappa shape index (κ1) is 21.6. The molecular weight excluding hydrogens is 402 g/mol. The van der Waals surface area contributed by atoms with Crippen LogP contribution in [0.3, 0.4) is 0 Å². The Balaban J connectivity index is 1.81. The van der Waals surface area contributed by atoms with Crippen LogP contribution in [0.5, 0.6) is 0 Å². The van der Waals surface area contributed by atoms with Crippen LogP contribution in [0.25, 0.3) is 10.8 Å². The molecule has 1 aliphatic rings. The third kappa shape index (κ3) is 3.59. The molecule has 4 aromatic rings. The monoisotopic (exact) mass is 433 g/mol. The second kappa shape index (κ2) is 8.28. The van der Waals surface area contributed by atoms with Crippen molar-refractivity contribution in [2.75, 3.05) is 0 Å².